The van der Waals surface area contributed by atoms with Gasteiger partial charge in [-0.2, -0.15) is 4.39 Å². The van der Waals surface area contributed by atoms with E-state index in [-0.39, 0.29) is 18.0 Å². The van der Waals surface area contributed by atoms with Crippen molar-refractivity contribution in [2.45, 2.75) is 18.1 Å². The van der Waals surface area contributed by atoms with E-state index < -0.39 is 11.5 Å². The van der Waals surface area contributed by atoms with Crippen LogP contribution in [0, 0.1) is 11.9 Å². The Kier molecular flexibility index (Phi) is 3.40. The number of hydrogen-bond acceptors (Lipinski definition) is 6. The molecule has 2 aromatic rings. The minimum absolute atomic E-state index is 0.0961. The SMILES string of the molecule is NC1=NC2(CO1)c1cc(-c3cccnc3F)ccc1O[C@H]1COCC[C@@H]12. The van der Waals surface area contributed by atoms with Gasteiger partial charge >= 0.3 is 0 Å². The molecule has 4 heterocycles. The first-order valence-electron chi connectivity index (χ1n) is 8.65. The van der Waals surface area contributed by atoms with Gasteiger partial charge in [0, 0.05) is 29.8 Å². The van der Waals surface area contributed by atoms with Crippen LogP contribution in [0.3, 0.4) is 0 Å². The average molecular weight is 355 g/mol. The van der Waals surface area contributed by atoms with E-state index in [2.05, 4.69) is 9.98 Å². The smallest absolute Gasteiger partial charge is 0.283 e. The molecule has 0 amide bonds. The first kappa shape index (κ1) is 15.6. The Labute approximate surface area is 149 Å². The van der Waals surface area contributed by atoms with Gasteiger partial charge in [0.25, 0.3) is 6.02 Å². The van der Waals surface area contributed by atoms with Gasteiger partial charge in [-0.1, -0.05) is 6.07 Å². The number of amidine groups is 1. The lowest BCUT2D eigenvalue weighted by Gasteiger charge is -2.45. The number of rotatable bonds is 1. The summed E-state index contributed by atoms with van der Waals surface area (Å²) in [7, 11) is 0. The number of nitrogens with zero attached hydrogens (tertiary/aromatic N) is 2. The summed E-state index contributed by atoms with van der Waals surface area (Å²) < 4.78 is 31.5. The fourth-order valence-corrected chi connectivity index (χ4v) is 4.25. The highest BCUT2D eigenvalue weighted by atomic mass is 19.1. The molecule has 7 heteroatoms. The minimum atomic E-state index is -0.624. The van der Waals surface area contributed by atoms with Crippen LogP contribution in [0.4, 0.5) is 4.39 Å². The van der Waals surface area contributed by atoms with Crippen LogP contribution < -0.4 is 10.5 Å². The molecular weight excluding hydrogens is 337 g/mol. The Bertz CT molecular complexity index is 903. The topological polar surface area (TPSA) is 79.0 Å². The van der Waals surface area contributed by atoms with Crippen LogP contribution in [0.15, 0.2) is 41.5 Å². The summed E-state index contributed by atoms with van der Waals surface area (Å²) in [5.41, 5.74) is 7.30. The van der Waals surface area contributed by atoms with Gasteiger partial charge in [0.05, 0.1) is 6.61 Å². The third kappa shape index (κ3) is 2.20. The zero-order valence-electron chi connectivity index (χ0n) is 14.0. The quantitative estimate of drug-likeness (QED) is 0.794. The molecule has 6 nitrogen and oxygen atoms in total. The Morgan fingerprint density at radius 2 is 2.19 bits per heavy atom. The predicted octanol–water partition coefficient (Wildman–Crippen LogP) is 2.23. The van der Waals surface area contributed by atoms with Crippen molar-refractivity contribution in [3.05, 3.63) is 48.0 Å². The maximum Gasteiger partial charge on any atom is 0.283 e. The van der Waals surface area contributed by atoms with Crippen LogP contribution in [0.25, 0.3) is 11.1 Å². The molecule has 1 aromatic heterocycles. The Balaban J connectivity index is 1.69. The highest BCUT2D eigenvalue weighted by molar-refractivity contribution is 5.75. The van der Waals surface area contributed by atoms with Crippen molar-refractivity contribution in [1.29, 1.82) is 0 Å². The number of pyridine rings is 1. The third-order valence-corrected chi connectivity index (χ3v) is 5.46. The molecule has 0 aliphatic carbocycles. The summed E-state index contributed by atoms with van der Waals surface area (Å²) in [4.78, 5) is 8.44. The van der Waals surface area contributed by atoms with E-state index in [4.69, 9.17) is 19.9 Å². The van der Waals surface area contributed by atoms with Crippen LogP contribution in [0.5, 0.6) is 5.75 Å². The molecule has 0 radical (unpaired) electrons. The molecule has 134 valence electrons. The van der Waals surface area contributed by atoms with Gasteiger partial charge in [-0.15, -0.1) is 0 Å². The molecule has 5 rings (SSSR count). The standard InChI is InChI=1S/C19H18FN3O3/c20-17-12(2-1-6-22-17)11-3-4-15-14(8-11)19(10-25-18(21)23-19)13-5-7-24-9-16(13)26-15/h1-4,6,8,13,16H,5,7,9-10H2,(H2,21,23)/t13-,16-,19?/m0/s1. The number of aromatic nitrogens is 1. The number of ether oxygens (including phenoxy) is 3. The van der Waals surface area contributed by atoms with Crippen LogP contribution in [-0.2, 0) is 15.0 Å². The van der Waals surface area contributed by atoms with Gasteiger partial charge in [0.1, 0.15) is 24.0 Å². The van der Waals surface area contributed by atoms with Crippen molar-refractivity contribution in [3.63, 3.8) is 0 Å². The van der Waals surface area contributed by atoms with Crippen molar-refractivity contribution in [3.8, 4) is 16.9 Å². The fourth-order valence-electron chi connectivity index (χ4n) is 4.25. The van der Waals surface area contributed by atoms with Crippen molar-refractivity contribution in [1.82, 2.24) is 4.98 Å². The zero-order chi connectivity index (χ0) is 17.7. The largest absolute Gasteiger partial charge is 0.487 e. The molecule has 3 aliphatic heterocycles. The molecule has 26 heavy (non-hydrogen) atoms. The molecule has 1 spiro atoms. The molecule has 1 fully saturated rings. The van der Waals surface area contributed by atoms with E-state index >= 15 is 0 Å². The van der Waals surface area contributed by atoms with E-state index in [1.807, 2.05) is 18.2 Å². The monoisotopic (exact) mass is 355 g/mol. The van der Waals surface area contributed by atoms with Gasteiger partial charge < -0.3 is 19.9 Å². The van der Waals surface area contributed by atoms with Crippen molar-refractivity contribution in [2.75, 3.05) is 19.8 Å². The Morgan fingerprint density at radius 1 is 1.27 bits per heavy atom. The van der Waals surface area contributed by atoms with Crippen molar-refractivity contribution < 1.29 is 18.6 Å². The molecule has 1 saturated heterocycles. The maximum atomic E-state index is 14.2. The number of halogens is 1. The third-order valence-electron chi connectivity index (χ3n) is 5.46. The summed E-state index contributed by atoms with van der Waals surface area (Å²) in [5.74, 6) is 0.304. The second-order valence-electron chi connectivity index (χ2n) is 6.84. The number of nitrogens with two attached hydrogens (primary N) is 1. The molecular formula is C19H18FN3O3. The summed E-state index contributed by atoms with van der Waals surface area (Å²) in [6.45, 7) is 1.52. The fraction of sp³-hybridized carbons (Fsp3) is 0.368. The summed E-state index contributed by atoms with van der Waals surface area (Å²) >= 11 is 0. The lowest BCUT2D eigenvalue weighted by Crippen LogP contribution is -2.52. The van der Waals surface area contributed by atoms with E-state index in [0.29, 0.717) is 31.1 Å². The van der Waals surface area contributed by atoms with Crippen LogP contribution >= 0.6 is 0 Å². The summed E-state index contributed by atoms with van der Waals surface area (Å²) in [6, 6.07) is 9.22. The zero-order valence-corrected chi connectivity index (χ0v) is 14.0. The first-order valence-corrected chi connectivity index (χ1v) is 8.65. The second-order valence-corrected chi connectivity index (χ2v) is 6.84. The Morgan fingerprint density at radius 3 is 3.00 bits per heavy atom. The summed E-state index contributed by atoms with van der Waals surface area (Å²) in [5, 5.41) is 0. The lowest BCUT2D eigenvalue weighted by atomic mass is 9.71. The molecule has 2 N–H and O–H groups in total. The van der Waals surface area contributed by atoms with E-state index in [1.165, 1.54) is 6.20 Å². The van der Waals surface area contributed by atoms with Crippen LogP contribution in [0.2, 0.25) is 0 Å². The maximum absolute atomic E-state index is 14.2. The minimum Gasteiger partial charge on any atom is -0.487 e. The highest BCUT2D eigenvalue weighted by Gasteiger charge is 2.54. The second kappa shape index (κ2) is 5.67. The van der Waals surface area contributed by atoms with Gasteiger partial charge in [-0.05, 0) is 36.2 Å². The van der Waals surface area contributed by atoms with Crippen LogP contribution in [-0.4, -0.2) is 36.9 Å². The lowest BCUT2D eigenvalue weighted by molar-refractivity contribution is -0.0732. The number of hydrogen-bond donors (Lipinski definition) is 1. The van der Waals surface area contributed by atoms with Crippen LogP contribution in [0.1, 0.15) is 12.0 Å². The molecule has 0 saturated carbocycles. The number of benzene rings is 1. The van der Waals surface area contributed by atoms with E-state index in [1.54, 1.807) is 12.1 Å². The van der Waals surface area contributed by atoms with E-state index in [0.717, 1.165) is 17.5 Å². The molecule has 1 unspecified atom stereocenters. The summed E-state index contributed by atoms with van der Waals surface area (Å²) in [6.07, 6.45) is 2.13. The van der Waals surface area contributed by atoms with Crippen molar-refractivity contribution >= 4 is 6.02 Å². The molecule has 3 atom stereocenters. The molecule has 0 bridgehead atoms. The van der Waals surface area contributed by atoms with Gasteiger partial charge in [-0.3, -0.25) is 0 Å². The molecule has 3 aliphatic rings. The van der Waals surface area contributed by atoms with Crippen molar-refractivity contribution in [2.24, 2.45) is 16.6 Å². The Hall–Kier alpha value is -2.67. The highest BCUT2D eigenvalue weighted by Crippen LogP contribution is 2.51. The van der Waals surface area contributed by atoms with Gasteiger partial charge in [-0.25, -0.2) is 9.98 Å². The number of fused-ring (bicyclic) bond motifs is 4. The molecule has 1 aromatic carbocycles. The van der Waals surface area contributed by atoms with E-state index in [9.17, 15) is 4.39 Å². The normalized spacial score (nSPS) is 29.3. The van der Waals surface area contributed by atoms with Gasteiger partial charge in [0.2, 0.25) is 5.95 Å². The average Bonchev–Trinajstić information content (AvgIpc) is 3.05. The van der Waals surface area contributed by atoms with Gasteiger partial charge in [0.15, 0.2) is 0 Å². The predicted molar refractivity (Wildman–Crippen MR) is 92.2 cm³/mol. The first-order chi connectivity index (χ1) is 12.7. The number of aliphatic imine (C=N–C) groups is 1.